The Bertz CT molecular complexity index is 933. The quantitative estimate of drug-likeness (QED) is 0.382. The summed E-state index contributed by atoms with van der Waals surface area (Å²) in [5.41, 5.74) is 3.05. The van der Waals surface area contributed by atoms with Crippen LogP contribution < -0.4 is 0 Å². The van der Waals surface area contributed by atoms with Gasteiger partial charge in [0.15, 0.2) is 0 Å². The van der Waals surface area contributed by atoms with Crippen LogP contribution in [0.5, 0.6) is 0 Å². The van der Waals surface area contributed by atoms with Crippen molar-refractivity contribution in [2.75, 3.05) is 0 Å². The summed E-state index contributed by atoms with van der Waals surface area (Å²) in [7, 11) is 0. The van der Waals surface area contributed by atoms with Crippen LogP contribution in [0, 0.1) is 0 Å². The molecule has 3 nitrogen and oxygen atoms in total. The van der Waals surface area contributed by atoms with Gasteiger partial charge in [-0.15, -0.1) is 0 Å². The van der Waals surface area contributed by atoms with Crippen LogP contribution in [0.25, 0.3) is 0 Å². The Labute approximate surface area is 186 Å². The van der Waals surface area contributed by atoms with Gasteiger partial charge in [-0.1, -0.05) is 91.0 Å². The number of carbonyl (C=O) groups excluding carboxylic acids is 1. The van der Waals surface area contributed by atoms with E-state index in [1.54, 1.807) is 0 Å². The number of hydrogen-bond acceptors (Lipinski definition) is 3. The van der Waals surface area contributed by atoms with Crippen molar-refractivity contribution in [3.8, 4) is 0 Å². The van der Waals surface area contributed by atoms with Gasteiger partial charge in [-0.3, -0.25) is 9.69 Å². The van der Waals surface area contributed by atoms with Gasteiger partial charge in [0.1, 0.15) is 5.60 Å². The highest BCUT2D eigenvalue weighted by Crippen LogP contribution is 2.35. The van der Waals surface area contributed by atoms with Crippen LogP contribution in [0.1, 0.15) is 62.9 Å². The molecular formula is C28H33NO2. The summed E-state index contributed by atoms with van der Waals surface area (Å²) in [6.45, 7) is 8.69. The number of benzene rings is 3. The summed E-state index contributed by atoms with van der Waals surface area (Å²) < 4.78 is 5.71. The van der Waals surface area contributed by atoms with Crippen molar-refractivity contribution in [1.29, 1.82) is 0 Å². The number of rotatable bonds is 8. The van der Waals surface area contributed by atoms with Crippen LogP contribution in [0.4, 0.5) is 0 Å². The molecule has 2 unspecified atom stereocenters. The molecule has 0 aromatic heterocycles. The van der Waals surface area contributed by atoms with E-state index in [4.69, 9.17) is 4.74 Å². The lowest BCUT2D eigenvalue weighted by atomic mass is 9.96. The Hall–Kier alpha value is -2.91. The van der Waals surface area contributed by atoms with Crippen molar-refractivity contribution < 1.29 is 9.53 Å². The predicted molar refractivity (Wildman–Crippen MR) is 126 cm³/mol. The topological polar surface area (TPSA) is 29.5 Å². The fourth-order valence-electron chi connectivity index (χ4n) is 3.88. The molecule has 31 heavy (non-hydrogen) atoms. The smallest absolute Gasteiger partial charge is 0.308 e. The first-order valence-corrected chi connectivity index (χ1v) is 10.9. The third-order valence-electron chi connectivity index (χ3n) is 5.35. The van der Waals surface area contributed by atoms with Crippen LogP contribution in [-0.2, 0) is 16.1 Å². The molecule has 0 aliphatic carbocycles. The second-order valence-corrected chi connectivity index (χ2v) is 8.96. The predicted octanol–water partition coefficient (Wildman–Crippen LogP) is 6.72. The molecule has 0 aliphatic rings. The zero-order valence-electron chi connectivity index (χ0n) is 19.0. The summed E-state index contributed by atoms with van der Waals surface area (Å²) in [4.78, 5) is 15.3. The summed E-state index contributed by atoms with van der Waals surface area (Å²) in [6, 6.07) is 31.2. The van der Waals surface area contributed by atoms with Crippen LogP contribution in [0.2, 0.25) is 0 Å². The van der Waals surface area contributed by atoms with E-state index in [9.17, 15) is 4.79 Å². The largest absolute Gasteiger partial charge is 0.460 e. The zero-order valence-corrected chi connectivity index (χ0v) is 19.0. The summed E-state index contributed by atoms with van der Waals surface area (Å²) in [6.07, 6.45) is 0.297. The SMILES string of the molecule is CC(c1ccccc1)N(Cc1ccccc1)C(CC(=O)OC(C)(C)C)c1ccccc1. The summed E-state index contributed by atoms with van der Waals surface area (Å²) in [5, 5.41) is 0. The van der Waals surface area contributed by atoms with E-state index in [2.05, 4.69) is 72.5 Å². The Morgan fingerprint density at radius 2 is 1.29 bits per heavy atom. The van der Waals surface area contributed by atoms with E-state index in [0.717, 1.165) is 12.1 Å². The molecule has 0 radical (unpaired) electrons. The van der Waals surface area contributed by atoms with Crippen molar-refractivity contribution in [1.82, 2.24) is 4.90 Å². The van der Waals surface area contributed by atoms with Gasteiger partial charge in [-0.05, 0) is 44.4 Å². The maximum Gasteiger partial charge on any atom is 0.308 e. The molecule has 0 heterocycles. The molecule has 162 valence electrons. The molecule has 3 heteroatoms. The molecule has 3 rings (SSSR count). The zero-order chi connectivity index (χ0) is 22.3. The molecule has 0 spiro atoms. The lowest BCUT2D eigenvalue weighted by Gasteiger charge is -2.37. The minimum absolute atomic E-state index is 0.105. The number of hydrogen-bond donors (Lipinski definition) is 0. The maximum atomic E-state index is 12.9. The Morgan fingerprint density at radius 3 is 1.81 bits per heavy atom. The molecule has 0 saturated heterocycles. The Balaban J connectivity index is 1.99. The van der Waals surface area contributed by atoms with E-state index < -0.39 is 5.60 Å². The van der Waals surface area contributed by atoms with E-state index in [1.165, 1.54) is 11.1 Å². The van der Waals surface area contributed by atoms with Crippen molar-refractivity contribution in [2.24, 2.45) is 0 Å². The normalized spacial score (nSPS) is 13.6. The van der Waals surface area contributed by atoms with Crippen molar-refractivity contribution in [2.45, 2.75) is 58.3 Å². The van der Waals surface area contributed by atoms with Gasteiger partial charge >= 0.3 is 5.97 Å². The first-order chi connectivity index (χ1) is 14.8. The van der Waals surface area contributed by atoms with E-state index in [-0.39, 0.29) is 18.1 Å². The van der Waals surface area contributed by atoms with Crippen LogP contribution in [0.15, 0.2) is 91.0 Å². The Morgan fingerprint density at radius 1 is 0.806 bits per heavy atom. The molecule has 0 aliphatic heterocycles. The first-order valence-electron chi connectivity index (χ1n) is 10.9. The van der Waals surface area contributed by atoms with Gasteiger partial charge in [0.05, 0.1) is 6.42 Å². The van der Waals surface area contributed by atoms with Gasteiger partial charge in [-0.2, -0.15) is 0 Å². The van der Waals surface area contributed by atoms with Crippen LogP contribution >= 0.6 is 0 Å². The highest BCUT2D eigenvalue weighted by Gasteiger charge is 2.30. The fraction of sp³-hybridized carbons (Fsp3) is 0.321. The monoisotopic (exact) mass is 415 g/mol. The number of esters is 1. The number of carbonyl (C=O) groups is 1. The molecule has 3 aromatic rings. The molecular weight excluding hydrogens is 382 g/mol. The molecule has 0 fully saturated rings. The van der Waals surface area contributed by atoms with Crippen LogP contribution in [-0.4, -0.2) is 16.5 Å². The standard InChI is InChI=1S/C28H33NO2/c1-22(24-16-10-6-11-17-24)29(21-23-14-8-5-9-15-23)26(25-18-12-7-13-19-25)20-27(30)31-28(2,3)4/h5-19,22,26H,20-21H2,1-4H3. The summed E-state index contributed by atoms with van der Waals surface area (Å²) >= 11 is 0. The minimum Gasteiger partial charge on any atom is -0.460 e. The first kappa shape index (κ1) is 22.8. The van der Waals surface area contributed by atoms with E-state index in [1.807, 2.05) is 51.1 Å². The molecule has 3 aromatic carbocycles. The molecule has 0 amide bonds. The molecule has 0 N–H and O–H groups in total. The van der Waals surface area contributed by atoms with Gasteiger partial charge in [0, 0.05) is 18.6 Å². The second-order valence-electron chi connectivity index (χ2n) is 8.96. The van der Waals surface area contributed by atoms with E-state index >= 15 is 0 Å². The lowest BCUT2D eigenvalue weighted by molar-refractivity contribution is -0.156. The summed E-state index contributed by atoms with van der Waals surface area (Å²) in [5.74, 6) is -0.181. The average Bonchev–Trinajstić information content (AvgIpc) is 2.76. The van der Waals surface area contributed by atoms with Crippen molar-refractivity contribution in [3.05, 3.63) is 108 Å². The average molecular weight is 416 g/mol. The highest BCUT2D eigenvalue weighted by molar-refractivity contribution is 5.71. The molecule has 0 bridgehead atoms. The highest BCUT2D eigenvalue weighted by atomic mass is 16.6. The van der Waals surface area contributed by atoms with Gasteiger partial charge in [-0.25, -0.2) is 0 Å². The fourth-order valence-corrected chi connectivity index (χ4v) is 3.88. The van der Waals surface area contributed by atoms with Crippen molar-refractivity contribution >= 4 is 5.97 Å². The van der Waals surface area contributed by atoms with Gasteiger partial charge < -0.3 is 4.74 Å². The lowest BCUT2D eigenvalue weighted by Crippen LogP contribution is -2.34. The molecule has 0 saturated carbocycles. The third kappa shape index (κ3) is 6.80. The van der Waals surface area contributed by atoms with Gasteiger partial charge in [0.2, 0.25) is 0 Å². The van der Waals surface area contributed by atoms with Crippen molar-refractivity contribution in [3.63, 3.8) is 0 Å². The number of nitrogens with zero attached hydrogens (tertiary/aromatic N) is 1. The van der Waals surface area contributed by atoms with E-state index in [0.29, 0.717) is 6.42 Å². The van der Waals surface area contributed by atoms with Crippen LogP contribution in [0.3, 0.4) is 0 Å². The second kappa shape index (κ2) is 10.4. The van der Waals surface area contributed by atoms with Gasteiger partial charge in [0.25, 0.3) is 0 Å². The number of ether oxygens (including phenoxy) is 1. The maximum absolute atomic E-state index is 12.9. The minimum atomic E-state index is -0.506. The third-order valence-corrected chi connectivity index (χ3v) is 5.35. The Kier molecular flexibility index (Phi) is 7.64. The molecule has 2 atom stereocenters.